The molecular formula is C27H23Cl2N5O5. The zero-order valence-electron chi connectivity index (χ0n) is 20.9. The zero-order chi connectivity index (χ0) is 28.1. The fraction of sp³-hybridized carbons (Fsp3) is 0.148. The Labute approximate surface area is 233 Å². The standard InChI is InChI=1S/C27H23Cl2N5O5/c1-15-23(10-16-5-3-4-6-21(16)32-15)39-14-19-20(28)7-8-22(25(19)29)34(2)24(35)13-31-27(38)33-18-9-17(26(36)37)11-30-12-18/h3-12H,13-14H2,1-2H3,(H,36,37)(H2,31,33,38). The van der Waals surface area contributed by atoms with Gasteiger partial charge in [-0.3, -0.25) is 9.78 Å². The Morgan fingerprint density at radius 3 is 2.62 bits per heavy atom. The largest absolute Gasteiger partial charge is 0.487 e. The second-order valence-electron chi connectivity index (χ2n) is 8.44. The van der Waals surface area contributed by atoms with Crippen LogP contribution in [-0.2, 0) is 11.4 Å². The quantitative estimate of drug-likeness (QED) is 0.262. The van der Waals surface area contributed by atoms with Crippen molar-refractivity contribution < 1.29 is 24.2 Å². The molecule has 0 aliphatic carbocycles. The highest BCUT2D eigenvalue weighted by molar-refractivity contribution is 6.38. The molecule has 0 radical (unpaired) electrons. The average Bonchev–Trinajstić information content (AvgIpc) is 2.91. The van der Waals surface area contributed by atoms with Crippen LogP contribution < -0.4 is 20.3 Å². The highest BCUT2D eigenvalue weighted by atomic mass is 35.5. The molecule has 4 rings (SSSR count). The van der Waals surface area contributed by atoms with Crippen molar-refractivity contribution in [2.75, 3.05) is 23.8 Å². The van der Waals surface area contributed by atoms with Gasteiger partial charge in [0, 0.05) is 29.2 Å². The summed E-state index contributed by atoms with van der Waals surface area (Å²) in [5.41, 5.74) is 2.49. The number of carbonyl (C=O) groups is 3. The number of pyridine rings is 2. The first-order valence-corrected chi connectivity index (χ1v) is 12.4. The Morgan fingerprint density at radius 2 is 1.85 bits per heavy atom. The van der Waals surface area contributed by atoms with Crippen LogP contribution in [0.3, 0.4) is 0 Å². The van der Waals surface area contributed by atoms with Crippen LogP contribution in [0.4, 0.5) is 16.2 Å². The summed E-state index contributed by atoms with van der Waals surface area (Å²) in [6, 6.07) is 13.3. The van der Waals surface area contributed by atoms with Crippen LogP contribution in [0.25, 0.3) is 10.9 Å². The lowest BCUT2D eigenvalue weighted by atomic mass is 10.1. The number of likely N-dealkylation sites (N-methyl/N-ethyl adjacent to an activating group) is 1. The van der Waals surface area contributed by atoms with Gasteiger partial charge in [0.2, 0.25) is 5.91 Å². The minimum Gasteiger partial charge on any atom is -0.487 e. The van der Waals surface area contributed by atoms with Gasteiger partial charge in [-0.15, -0.1) is 0 Å². The van der Waals surface area contributed by atoms with Crippen molar-refractivity contribution in [3.05, 3.63) is 87.8 Å². The summed E-state index contributed by atoms with van der Waals surface area (Å²) < 4.78 is 6.00. The van der Waals surface area contributed by atoms with Crippen LogP contribution in [0.2, 0.25) is 10.0 Å². The number of aryl methyl sites for hydroxylation is 1. The third kappa shape index (κ3) is 6.54. The number of aromatic nitrogens is 2. The number of para-hydroxylation sites is 1. The molecule has 0 aliphatic heterocycles. The van der Waals surface area contributed by atoms with Gasteiger partial charge in [0.1, 0.15) is 12.4 Å². The van der Waals surface area contributed by atoms with E-state index >= 15 is 0 Å². The molecule has 200 valence electrons. The Bertz CT molecular complexity index is 1580. The Morgan fingerprint density at radius 1 is 1.08 bits per heavy atom. The lowest BCUT2D eigenvalue weighted by molar-refractivity contribution is -0.117. The topological polar surface area (TPSA) is 134 Å². The van der Waals surface area contributed by atoms with Gasteiger partial charge < -0.3 is 25.4 Å². The van der Waals surface area contributed by atoms with Crippen molar-refractivity contribution in [2.24, 2.45) is 0 Å². The van der Waals surface area contributed by atoms with Gasteiger partial charge in [0.05, 0.1) is 45.9 Å². The van der Waals surface area contributed by atoms with E-state index in [0.29, 0.717) is 27.7 Å². The van der Waals surface area contributed by atoms with E-state index in [-0.39, 0.29) is 29.4 Å². The Kier molecular flexibility index (Phi) is 8.48. The van der Waals surface area contributed by atoms with Crippen molar-refractivity contribution in [1.29, 1.82) is 0 Å². The molecule has 0 aliphatic rings. The van der Waals surface area contributed by atoms with Crippen LogP contribution in [-0.4, -0.2) is 46.6 Å². The van der Waals surface area contributed by atoms with E-state index in [9.17, 15) is 14.4 Å². The summed E-state index contributed by atoms with van der Waals surface area (Å²) in [7, 11) is 1.51. The average molecular weight is 568 g/mol. The van der Waals surface area contributed by atoms with Gasteiger partial charge in [-0.2, -0.15) is 0 Å². The lowest BCUT2D eigenvalue weighted by Gasteiger charge is -2.21. The van der Waals surface area contributed by atoms with E-state index < -0.39 is 17.9 Å². The van der Waals surface area contributed by atoms with Crippen molar-refractivity contribution in [2.45, 2.75) is 13.5 Å². The number of urea groups is 1. The first-order chi connectivity index (χ1) is 18.6. The zero-order valence-corrected chi connectivity index (χ0v) is 22.4. The first-order valence-electron chi connectivity index (χ1n) is 11.6. The van der Waals surface area contributed by atoms with E-state index in [0.717, 1.165) is 17.1 Å². The highest BCUT2D eigenvalue weighted by Crippen LogP contribution is 2.35. The fourth-order valence-electron chi connectivity index (χ4n) is 3.67. The van der Waals surface area contributed by atoms with Crippen LogP contribution in [0.5, 0.6) is 5.75 Å². The van der Waals surface area contributed by atoms with Gasteiger partial charge in [-0.05, 0) is 37.3 Å². The monoisotopic (exact) mass is 567 g/mol. The summed E-state index contributed by atoms with van der Waals surface area (Å²) in [5, 5.41) is 15.4. The molecule has 10 nitrogen and oxygen atoms in total. The van der Waals surface area contributed by atoms with E-state index in [1.165, 1.54) is 24.2 Å². The maximum absolute atomic E-state index is 12.8. The number of anilines is 2. The number of nitrogens with zero attached hydrogens (tertiary/aromatic N) is 3. The van der Waals surface area contributed by atoms with E-state index in [1.807, 2.05) is 37.3 Å². The van der Waals surface area contributed by atoms with Crippen LogP contribution in [0.15, 0.2) is 60.9 Å². The van der Waals surface area contributed by atoms with Crippen LogP contribution in [0, 0.1) is 6.92 Å². The number of fused-ring (bicyclic) bond motifs is 1. The number of aromatic carboxylic acids is 1. The molecule has 0 saturated carbocycles. The number of hydrogen-bond donors (Lipinski definition) is 3. The summed E-state index contributed by atoms with van der Waals surface area (Å²) in [4.78, 5) is 45.7. The summed E-state index contributed by atoms with van der Waals surface area (Å²) >= 11 is 13.0. The lowest BCUT2D eigenvalue weighted by Crippen LogP contribution is -2.40. The molecule has 0 fully saturated rings. The normalized spacial score (nSPS) is 10.7. The number of ether oxygens (including phenoxy) is 1. The number of carboxylic acid groups (broad SMARTS) is 1. The number of amides is 3. The Balaban J connectivity index is 1.41. The molecule has 4 aromatic rings. The molecule has 39 heavy (non-hydrogen) atoms. The molecule has 0 spiro atoms. The second kappa shape index (κ2) is 12.0. The molecule has 2 aromatic heterocycles. The molecule has 0 saturated heterocycles. The smallest absolute Gasteiger partial charge is 0.337 e. The molecule has 12 heteroatoms. The van der Waals surface area contributed by atoms with Gasteiger partial charge in [0.15, 0.2) is 0 Å². The molecule has 0 unspecified atom stereocenters. The fourth-order valence-corrected chi connectivity index (χ4v) is 4.28. The van der Waals surface area contributed by atoms with E-state index in [2.05, 4.69) is 20.6 Å². The van der Waals surface area contributed by atoms with Crippen LogP contribution in [0.1, 0.15) is 21.6 Å². The molecule has 2 aromatic carbocycles. The van der Waals surface area contributed by atoms with Crippen molar-refractivity contribution >= 4 is 63.4 Å². The third-order valence-corrected chi connectivity index (χ3v) is 6.56. The number of halogens is 2. The molecular weight excluding hydrogens is 545 g/mol. The van der Waals surface area contributed by atoms with Gasteiger partial charge in [0.25, 0.3) is 0 Å². The minimum atomic E-state index is -1.18. The predicted molar refractivity (Wildman–Crippen MR) is 149 cm³/mol. The molecule has 3 amide bonds. The van der Waals surface area contributed by atoms with Gasteiger partial charge >= 0.3 is 12.0 Å². The third-order valence-electron chi connectivity index (χ3n) is 5.78. The first kappa shape index (κ1) is 27.6. The van der Waals surface area contributed by atoms with Crippen LogP contribution >= 0.6 is 23.2 Å². The number of hydrogen-bond acceptors (Lipinski definition) is 6. The molecule has 3 N–H and O–H groups in total. The SMILES string of the molecule is Cc1nc2ccccc2cc1OCc1c(Cl)ccc(N(C)C(=O)CNC(=O)Nc2cncc(C(=O)O)c2)c1Cl. The van der Waals surface area contributed by atoms with E-state index in [1.54, 1.807) is 12.1 Å². The minimum absolute atomic E-state index is 0.0402. The van der Waals surface area contributed by atoms with E-state index in [4.69, 9.17) is 33.0 Å². The summed E-state index contributed by atoms with van der Waals surface area (Å²) in [5.74, 6) is -1.07. The number of carboxylic acids is 1. The second-order valence-corrected chi connectivity index (χ2v) is 9.23. The number of rotatable bonds is 8. The summed E-state index contributed by atoms with van der Waals surface area (Å²) in [6.07, 6.45) is 2.44. The number of carbonyl (C=O) groups excluding carboxylic acids is 2. The molecule has 0 bridgehead atoms. The molecule has 0 atom stereocenters. The number of benzene rings is 2. The van der Waals surface area contributed by atoms with Gasteiger partial charge in [-0.25, -0.2) is 14.6 Å². The number of nitrogens with one attached hydrogen (secondary N) is 2. The Hall–Kier alpha value is -4.41. The maximum atomic E-state index is 12.8. The maximum Gasteiger partial charge on any atom is 0.337 e. The highest BCUT2D eigenvalue weighted by Gasteiger charge is 2.20. The van der Waals surface area contributed by atoms with Crippen molar-refractivity contribution in [3.8, 4) is 5.75 Å². The summed E-state index contributed by atoms with van der Waals surface area (Å²) in [6.45, 7) is 1.52. The van der Waals surface area contributed by atoms with Gasteiger partial charge in [-0.1, -0.05) is 41.4 Å². The predicted octanol–water partition coefficient (Wildman–Crippen LogP) is 5.31. The van der Waals surface area contributed by atoms with Crippen molar-refractivity contribution in [3.63, 3.8) is 0 Å². The molecule has 2 heterocycles. The van der Waals surface area contributed by atoms with Crippen molar-refractivity contribution in [1.82, 2.24) is 15.3 Å².